The van der Waals surface area contributed by atoms with Crippen LogP contribution in [0.3, 0.4) is 0 Å². The lowest BCUT2D eigenvalue weighted by atomic mass is 9.78. The van der Waals surface area contributed by atoms with Gasteiger partial charge in [-0.2, -0.15) is 0 Å². The van der Waals surface area contributed by atoms with Crippen molar-refractivity contribution in [2.45, 2.75) is 65.8 Å². The molecule has 0 spiro atoms. The van der Waals surface area contributed by atoms with E-state index in [4.69, 9.17) is 5.21 Å². The van der Waals surface area contributed by atoms with Gasteiger partial charge in [-0.05, 0) is 67.2 Å². The van der Waals surface area contributed by atoms with Gasteiger partial charge in [0.1, 0.15) is 0 Å². The fraction of sp³-hybridized carbons (Fsp3) is 0.625. The smallest absolute Gasteiger partial charge is 0.267 e. The van der Waals surface area contributed by atoms with Crippen LogP contribution in [0.2, 0.25) is 0 Å². The lowest BCUT2D eigenvalue weighted by molar-refractivity contribution is -0.124. The van der Waals surface area contributed by atoms with E-state index in [-0.39, 0.29) is 0 Å². The molecule has 1 saturated carbocycles. The lowest BCUT2D eigenvalue weighted by Crippen LogP contribution is -2.34. The van der Waals surface area contributed by atoms with Crippen LogP contribution < -0.4 is 5.48 Å². The second-order valence-electron chi connectivity index (χ2n) is 9.06. The van der Waals surface area contributed by atoms with Crippen LogP contribution in [0.4, 0.5) is 0 Å². The number of rotatable bonds is 8. The summed E-state index contributed by atoms with van der Waals surface area (Å²) < 4.78 is 0. The molecule has 0 radical (unpaired) electrons. The highest BCUT2D eigenvalue weighted by Gasteiger charge is 2.33. The SMILES string of the molecule is CCC1CCC(C)(CN(C)Cc2ccc(/C=C/C(=O)NO)cc2)CC(CC)C1. The predicted molar refractivity (Wildman–Crippen MR) is 116 cm³/mol. The molecular weight excluding hydrogens is 348 g/mol. The molecule has 0 bridgehead atoms. The summed E-state index contributed by atoms with van der Waals surface area (Å²) >= 11 is 0. The number of carbonyl (C=O) groups excluding carboxylic acids is 1. The Balaban J connectivity index is 1.94. The average Bonchev–Trinajstić information content (AvgIpc) is 2.85. The molecular formula is C24H38N2O2. The Labute approximate surface area is 171 Å². The Bertz CT molecular complexity index is 641. The number of carbonyl (C=O) groups is 1. The molecule has 1 fully saturated rings. The number of benzene rings is 1. The van der Waals surface area contributed by atoms with Crippen molar-refractivity contribution in [3.05, 3.63) is 41.5 Å². The maximum Gasteiger partial charge on any atom is 0.267 e. The molecule has 1 aromatic rings. The van der Waals surface area contributed by atoms with Gasteiger partial charge in [0.25, 0.3) is 5.91 Å². The van der Waals surface area contributed by atoms with Crippen molar-refractivity contribution >= 4 is 12.0 Å². The van der Waals surface area contributed by atoms with Crippen molar-refractivity contribution in [1.29, 1.82) is 0 Å². The normalized spacial score (nSPS) is 25.8. The van der Waals surface area contributed by atoms with E-state index in [1.807, 2.05) is 12.1 Å². The molecule has 156 valence electrons. The molecule has 4 heteroatoms. The van der Waals surface area contributed by atoms with Gasteiger partial charge in [0.05, 0.1) is 0 Å². The first kappa shape index (κ1) is 22.6. The summed E-state index contributed by atoms with van der Waals surface area (Å²) in [6.07, 6.45) is 11.1. The number of hydrogen-bond donors (Lipinski definition) is 2. The predicted octanol–water partition coefficient (Wildman–Crippen LogP) is 5.27. The first-order valence-corrected chi connectivity index (χ1v) is 10.8. The Morgan fingerprint density at radius 3 is 2.54 bits per heavy atom. The molecule has 1 aliphatic carbocycles. The van der Waals surface area contributed by atoms with E-state index in [1.165, 1.54) is 50.2 Å². The third kappa shape index (κ3) is 7.06. The third-order valence-electron chi connectivity index (χ3n) is 6.38. The molecule has 3 unspecified atom stereocenters. The van der Waals surface area contributed by atoms with E-state index < -0.39 is 5.91 Å². The summed E-state index contributed by atoms with van der Waals surface area (Å²) in [4.78, 5) is 13.5. The maximum atomic E-state index is 11.1. The molecule has 1 amide bonds. The standard InChI is InChI=1S/C24H38N2O2/c1-5-19-13-14-24(3,16-20(6-2)15-19)18-26(4)17-22-9-7-21(8-10-22)11-12-23(27)25-28/h7-12,19-20,28H,5-6,13-18H2,1-4H3,(H,25,27)/b12-11+. The Hall–Kier alpha value is -1.65. The van der Waals surface area contributed by atoms with Gasteiger partial charge in [0.15, 0.2) is 0 Å². The quantitative estimate of drug-likeness (QED) is 0.277. The second-order valence-corrected chi connectivity index (χ2v) is 9.06. The van der Waals surface area contributed by atoms with E-state index in [1.54, 1.807) is 11.6 Å². The van der Waals surface area contributed by atoms with E-state index in [0.29, 0.717) is 5.41 Å². The van der Waals surface area contributed by atoms with Crippen LogP contribution in [0, 0.1) is 17.3 Å². The highest BCUT2D eigenvalue weighted by atomic mass is 16.5. The highest BCUT2D eigenvalue weighted by molar-refractivity contribution is 5.90. The van der Waals surface area contributed by atoms with Gasteiger partial charge in [-0.25, -0.2) is 5.48 Å². The van der Waals surface area contributed by atoms with Crippen molar-refractivity contribution in [1.82, 2.24) is 10.4 Å². The van der Waals surface area contributed by atoms with Gasteiger partial charge in [-0.15, -0.1) is 0 Å². The Morgan fingerprint density at radius 2 is 1.93 bits per heavy atom. The zero-order valence-corrected chi connectivity index (χ0v) is 18.1. The molecule has 28 heavy (non-hydrogen) atoms. The number of nitrogens with zero attached hydrogens (tertiary/aromatic N) is 1. The molecule has 0 saturated heterocycles. The van der Waals surface area contributed by atoms with Gasteiger partial charge in [-0.3, -0.25) is 10.0 Å². The van der Waals surface area contributed by atoms with Crippen LogP contribution in [0.5, 0.6) is 0 Å². The first-order valence-electron chi connectivity index (χ1n) is 10.8. The number of amides is 1. The largest absolute Gasteiger partial charge is 0.302 e. The Kier molecular flexibility index (Phi) is 8.71. The molecule has 1 aliphatic rings. The lowest BCUT2D eigenvalue weighted by Gasteiger charge is -2.35. The summed E-state index contributed by atoms with van der Waals surface area (Å²) in [6.45, 7) is 9.27. The summed E-state index contributed by atoms with van der Waals surface area (Å²) in [5, 5.41) is 8.53. The minimum Gasteiger partial charge on any atom is -0.302 e. The van der Waals surface area contributed by atoms with Gasteiger partial charge in [0.2, 0.25) is 0 Å². The zero-order valence-electron chi connectivity index (χ0n) is 18.1. The van der Waals surface area contributed by atoms with E-state index in [0.717, 1.165) is 30.5 Å². The van der Waals surface area contributed by atoms with Gasteiger partial charge >= 0.3 is 0 Å². The first-order chi connectivity index (χ1) is 13.4. The molecule has 2 rings (SSSR count). The molecule has 4 nitrogen and oxygen atoms in total. The van der Waals surface area contributed by atoms with Crippen LogP contribution in [-0.4, -0.2) is 29.6 Å². The van der Waals surface area contributed by atoms with Gasteiger partial charge < -0.3 is 4.90 Å². The maximum absolute atomic E-state index is 11.1. The molecule has 0 heterocycles. The summed E-state index contributed by atoms with van der Waals surface area (Å²) in [5.74, 6) is 1.26. The van der Waals surface area contributed by atoms with E-state index in [2.05, 4.69) is 44.9 Å². The summed E-state index contributed by atoms with van der Waals surface area (Å²) in [5.41, 5.74) is 4.23. The van der Waals surface area contributed by atoms with Crippen LogP contribution in [0.15, 0.2) is 30.3 Å². The minimum atomic E-state index is -0.517. The van der Waals surface area contributed by atoms with Crippen LogP contribution in [0.25, 0.3) is 6.08 Å². The third-order valence-corrected chi connectivity index (χ3v) is 6.38. The van der Waals surface area contributed by atoms with E-state index >= 15 is 0 Å². The fourth-order valence-electron chi connectivity index (χ4n) is 4.81. The van der Waals surface area contributed by atoms with Crippen molar-refractivity contribution in [3.8, 4) is 0 Å². The summed E-state index contributed by atoms with van der Waals surface area (Å²) in [7, 11) is 2.23. The van der Waals surface area contributed by atoms with Crippen LogP contribution in [-0.2, 0) is 11.3 Å². The second kappa shape index (κ2) is 10.8. The van der Waals surface area contributed by atoms with Crippen molar-refractivity contribution < 1.29 is 10.0 Å². The van der Waals surface area contributed by atoms with E-state index in [9.17, 15) is 4.79 Å². The number of hydrogen-bond acceptors (Lipinski definition) is 3. The average molecular weight is 387 g/mol. The molecule has 0 aromatic heterocycles. The molecule has 0 aliphatic heterocycles. The fourth-order valence-corrected chi connectivity index (χ4v) is 4.81. The van der Waals surface area contributed by atoms with Crippen molar-refractivity contribution in [3.63, 3.8) is 0 Å². The molecule has 2 N–H and O–H groups in total. The molecule has 3 atom stereocenters. The monoisotopic (exact) mass is 386 g/mol. The minimum absolute atomic E-state index is 0.402. The van der Waals surface area contributed by atoms with Gasteiger partial charge in [0, 0.05) is 19.2 Å². The highest BCUT2D eigenvalue weighted by Crippen LogP contribution is 2.42. The van der Waals surface area contributed by atoms with Crippen molar-refractivity contribution in [2.24, 2.45) is 17.3 Å². The van der Waals surface area contributed by atoms with Crippen molar-refractivity contribution in [2.75, 3.05) is 13.6 Å². The zero-order chi connectivity index (χ0) is 20.6. The van der Waals surface area contributed by atoms with Gasteiger partial charge in [-0.1, -0.05) is 57.9 Å². The number of nitrogens with one attached hydrogen (secondary N) is 1. The molecule has 1 aromatic carbocycles. The Morgan fingerprint density at radius 1 is 1.25 bits per heavy atom. The number of hydroxylamine groups is 1. The summed E-state index contributed by atoms with van der Waals surface area (Å²) in [6, 6.07) is 8.25. The van der Waals surface area contributed by atoms with Crippen LogP contribution >= 0.6 is 0 Å². The van der Waals surface area contributed by atoms with Crippen LogP contribution in [0.1, 0.15) is 70.4 Å². The topological polar surface area (TPSA) is 52.6 Å².